The molecule has 2 aromatic carbocycles. The summed E-state index contributed by atoms with van der Waals surface area (Å²) >= 11 is 3.43. The number of aliphatic hydroxyl groups is 1. The molecule has 0 saturated carbocycles. The van der Waals surface area contributed by atoms with E-state index in [0.29, 0.717) is 43.6 Å². The fourth-order valence-corrected chi connectivity index (χ4v) is 13.0. The molecule has 75 heavy (non-hydrogen) atoms. The Bertz CT molecular complexity index is 2330. The number of hydrogen-bond acceptors (Lipinski definition) is 14. The van der Waals surface area contributed by atoms with Crippen LogP contribution in [0.15, 0.2) is 54.6 Å². The molecule has 22 heteroatoms. The van der Waals surface area contributed by atoms with Gasteiger partial charge in [-0.05, 0) is 61.1 Å². The molecule has 4 heterocycles. The van der Waals surface area contributed by atoms with Crippen molar-refractivity contribution >= 4 is 69.0 Å². The van der Waals surface area contributed by atoms with E-state index in [1.807, 2.05) is 75.0 Å². The van der Waals surface area contributed by atoms with E-state index in [2.05, 4.69) is 56.3 Å². The van der Waals surface area contributed by atoms with Crippen LogP contribution in [0.2, 0.25) is 0 Å². The number of carbonyl (C=O) groups excluding carboxylic acids is 6. The van der Waals surface area contributed by atoms with Crippen LogP contribution in [0.1, 0.15) is 126 Å². The molecular formula is C53H81N9O10S3. The highest BCUT2D eigenvalue weighted by molar-refractivity contribution is 8.00. The van der Waals surface area contributed by atoms with E-state index in [0.717, 1.165) is 54.7 Å². The number of ether oxygens (including phenoxy) is 1. The van der Waals surface area contributed by atoms with Gasteiger partial charge in [0.1, 0.15) is 23.6 Å². The summed E-state index contributed by atoms with van der Waals surface area (Å²) in [5.74, 6) is -0.726. The Morgan fingerprint density at radius 1 is 0.840 bits per heavy atom. The van der Waals surface area contributed by atoms with Gasteiger partial charge < -0.3 is 46.6 Å². The van der Waals surface area contributed by atoms with Crippen LogP contribution in [0.4, 0.5) is 0 Å². The molecule has 0 bridgehead atoms. The standard InChI is InChI=1S/C53H81N9O10S3/c1-35-46(74-34-56-35)38-21-19-36(20-22-38)30-55-50(68)43-29-40(63)32-62(43)51(69)47(53(2,3)4)59-45(65)17-12-7-6-8-13-25-54-44(64)18-14-27-72-28-24-41(57-48(66)39-23-26-61(31-39)75(5,70)71)49(67)60-52-58-42(33-73-52)37-15-10-9-11-16-37/h9-11,15-16,19-22,35,39-43,46-47,52,56,58,63H,6-8,12-14,17-18,23-34H2,1-5H3,(H,54,64)(H,55,68)(H,57,66)(H,59,65)(H,60,67)/t35?,39?,40-,41+,42?,43+,46?,47-,52?/m1/s1. The average Bonchev–Trinajstić information content (AvgIpc) is 4.22. The smallest absolute Gasteiger partial charge is 0.246 e. The Balaban J connectivity index is 0.829. The molecule has 5 unspecified atom stereocenters. The van der Waals surface area contributed by atoms with Crippen molar-refractivity contribution in [2.45, 2.75) is 152 Å². The number of aliphatic hydroxyl groups excluding tert-OH is 1. The van der Waals surface area contributed by atoms with E-state index in [1.54, 1.807) is 11.8 Å². The first kappa shape index (κ1) is 59.9. The van der Waals surface area contributed by atoms with Crippen LogP contribution in [0.5, 0.6) is 0 Å². The summed E-state index contributed by atoms with van der Waals surface area (Å²) in [7, 11) is -3.44. The number of β-amino-alcohol motifs (C(OH)–C–C–N with tert-alkyl or cyclic N) is 1. The first-order valence-electron chi connectivity index (χ1n) is 26.6. The molecule has 6 rings (SSSR count). The van der Waals surface area contributed by atoms with Crippen molar-refractivity contribution < 1.29 is 47.0 Å². The van der Waals surface area contributed by atoms with Crippen molar-refractivity contribution in [2.24, 2.45) is 11.3 Å². The second-order valence-corrected chi connectivity index (χ2v) is 25.6. The molecule has 4 aliphatic rings. The van der Waals surface area contributed by atoms with Gasteiger partial charge in [-0.15, -0.1) is 23.5 Å². The van der Waals surface area contributed by atoms with Gasteiger partial charge in [0.15, 0.2) is 0 Å². The predicted molar refractivity (Wildman–Crippen MR) is 292 cm³/mol. The molecule has 8 N–H and O–H groups in total. The predicted octanol–water partition coefficient (Wildman–Crippen LogP) is 3.41. The second kappa shape index (κ2) is 28.9. The Morgan fingerprint density at radius 2 is 1.56 bits per heavy atom. The molecule has 0 aromatic heterocycles. The molecule has 416 valence electrons. The molecule has 0 spiro atoms. The molecule has 19 nitrogen and oxygen atoms in total. The topological polar surface area (TPSA) is 257 Å². The van der Waals surface area contributed by atoms with Crippen LogP contribution in [0.25, 0.3) is 0 Å². The van der Waals surface area contributed by atoms with Crippen molar-refractivity contribution in [1.82, 2.24) is 46.4 Å². The third-order valence-electron chi connectivity index (χ3n) is 14.2. The number of nitrogens with one attached hydrogen (secondary N) is 7. The van der Waals surface area contributed by atoms with Crippen molar-refractivity contribution in [1.29, 1.82) is 0 Å². The van der Waals surface area contributed by atoms with Gasteiger partial charge in [0, 0.05) is 94.2 Å². The fraction of sp³-hybridized carbons (Fsp3) is 0.660. The zero-order valence-electron chi connectivity index (χ0n) is 44.3. The lowest BCUT2D eigenvalue weighted by molar-refractivity contribution is -0.144. The van der Waals surface area contributed by atoms with E-state index < -0.39 is 51.5 Å². The summed E-state index contributed by atoms with van der Waals surface area (Å²) in [6, 6.07) is 15.9. The molecule has 4 fully saturated rings. The number of carbonyl (C=O) groups is 6. The first-order chi connectivity index (χ1) is 35.8. The maximum absolute atomic E-state index is 14.0. The number of unbranched alkanes of at least 4 members (excludes halogenated alkanes) is 4. The summed E-state index contributed by atoms with van der Waals surface area (Å²) in [4.78, 5) is 81.5. The van der Waals surface area contributed by atoms with Gasteiger partial charge in [-0.2, -0.15) is 0 Å². The second-order valence-electron chi connectivity index (χ2n) is 21.3. The number of nitrogens with zero attached hydrogens (tertiary/aromatic N) is 2. The van der Waals surface area contributed by atoms with Crippen molar-refractivity contribution in [3.8, 4) is 0 Å². The minimum Gasteiger partial charge on any atom is -0.391 e. The van der Waals surface area contributed by atoms with Gasteiger partial charge >= 0.3 is 0 Å². The average molecular weight is 1100 g/mol. The van der Waals surface area contributed by atoms with E-state index in [-0.39, 0.29) is 99.6 Å². The van der Waals surface area contributed by atoms with Gasteiger partial charge in [-0.3, -0.25) is 34.1 Å². The molecular weight excluding hydrogens is 1020 g/mol. The Labute approximate surface area is 452 Å². The number of thioether (sulfide) groups is 2. The van der Waals surface area contributed by atoms with Gasteiger partial charge in [-0.1, -0.05) is 94.6 Å². The minimum atomic E-state index is -3.44. The summed E-state index contributed by atoms with van der Waals surface area (Å²) < 4.78 is 31.2. The summed E-state index contributed by atoms with van der Waals surface area (Å²) in [6.07, 6.45) is 5.83. The number of likely N-dealkylation sites (tertiary alicyclic amines) is 1. The molecule has 2 aromatic rings. The van der Waals surface area contributed by atoms with Gasteiger partial charge in [0.05, 0.1) is 18.3 Å². The first-order valence-corrected chi connectivity index (χ1v) is 30.5. The number of rotatable bonds is 27. The van der Waals surface area contributed by atoms with Crippen LogP contribution in [0.3, 0.4) is 0 Å². The van der Waals surface area contributed by atoms with Gasteiger partial charge in [-0.25, -0.2) is 12.7 Å². The fourth-order valence-electron chi connectivity index (χ4n) is 9.75. The highest BCUT2D eigenvalue weighted by Gasteiger charge is 2.44. The third kappa shape index (κ3) is 18.7. The van der Waals surface area contributed by atoms with Crippen LogP contribution in [-0.2, 0) is 50.1 Å². The van der Waals surface area contributed by atoms with E-state index in [4.69, 9.17) is 4.74 Å². The normalized spacial score (nSPS) is 23.9. The zero-order valence-corrected chi connectivity index (χ0v) is 46.7. The van der Waals surface area contributed by atoms with Crippen molar-refractivity contribution in [3.05, 3.63) is 71.3 Å². The van der Waals surface area contributed by atoms with E-state index >= 15 is 0 Å². The van der Waals surface area contributed by atoms with Crippen LogP contribution >= 0.6 is 23.5 Å². The molecule has 4 saturated heterocycles. The lowest BCUT2D eigenvalue weighted by atomic mass is 9.85. The summed E-state index contributed by atoms with van der Waals surface area (Å²) in [5, 5.41) is 32.5. The zero-order chi connectivity index (χ0) is 54.1. The van der Waals surface area contributed by atoms with Crippen molar-refractivity contribution in [2.75, 3.05) is 57.3 Å². The Hall–Kier alpha value is -4.29. The van der Waals surface area contributed by atoms with Crippen molar-refractivity contribution in [3.63, 3.8) is 0 Å². The quantitative estimate of drug-likeness (QED) is 0.0598. The Kier molecular flexibility index (Phi) is 23.1. The number of benzene rings is 2. The molecule has 0 radical (unpaired) electrons. The van der Waals surface area contributed by atoms with Crippen LogP contribution < -0.4 is 37.2 Å². The maximum atomic E-state index is 14.0. The number of amides is 6. The Morgan fingerprint density at radius 3 is 2.25 bits per heavy atom. The molecule has 4 aliphatic heterocycles. The number of sulfonamides is 1. The summed E-state index contributed by atoms with van der Waals surface area (Å²) in [5.41, 5.74) is 2.26. The highest BCUT2D eigenvalue weighted by atomic mass is 32.2. The monoisotopic (exact) mass is 1100 g/mol. The largest absolute Gasteiger partial charge is 0.391 e. The van der Waals surface area contributed by atoms with Crippen LogP contribution in [-0.4, -0.2) is 151 Å². The SMILES string of the molecule is CC1NCSC1c1ccc(CNC(=O)[C@@H]2C[C@@H](O)CN2C(=O)[C@@H](NC(=O)CCCCCCCNC(=O)CCCOCC[C@H](NC(=O)C2CCN(S(C)(=O)=O)C2)C(=O)NC2NC(c3ccccc3)CS2)C(C)(C)C)cc1. The third-order valence-corrected chi connectivity index (χ3v) is 18.0. The lowest BCUT2D eigenvalue weighted by Crippen LogP contribution is -2.57. The number of hydrogen-bond donors (Lipinski definition) is 8. The molecule has 9 atom stereocenters. The van der Waals surface area contributed by atoms with Crippen LogP contribution in [0, 0.1) is 11.3 Å². The molecule has 6 amide bonds. The summed E-state index contributed by atoms with van der Waals surface area (Å²) in [6.45, 7) is 9.35. The highest BCUT2D eigenvalue weighted by Crippen LogP contribution is 2.36. The van der Waals surface area contributed by atoms with Gasteiger partial charge in [0.25, 0.3) is 0 Å². The maximum Gasteiger partial charge on any atom is 0.246 e. The van der Waals surface area contributed by atoms with E-state index in [1.165, 1.54) is 14.8 Å². The minimum absolute atomic E-state index is 0.00972. The lowest BCUT2D eigenvalue weighted by Gasteiger charge is -2.35. The molecule has 0 aliphatic carbocycles. The van der Waals surface area contributed by atoms with Gasteiger partial charge in [0.2, 0.25) is 45.5 Å². The van der Waals surface area contributed by atoms with E-state index in [9.17, 15) is 42.3 Å².